The largest absolute Gasteiger partial charge is 0.363 e. The van der Waals surface area contributed by atoms with Gasteiger partial charge >= 0.3 is 0 Å². The molecule has 2 spiro atoms. The number of alkyl halides is 4. The zero-order valence-corrected chi connectivity index (χ0v) is 19.8. The van der Waals surface area contributed by atoms with E-state index in [2.05, 4.69) is 10.6 Å². The van der Waals surface area contributed by atoms with Gasteiger partial charge in [0.2, 0.25) is 0 Å². The van der Waals surface area contributed by atoms with Gasteiger partial charge in [0.15, 0.2) is 10.3 Å². The predicted octanol–water partition coefficient (Wildman–Crippen LogP) is 5.18. The number of thiophene rings is 2. The Kier molecular flexibility index (Phi) is 6.30. The molecule has 34 heavy (non-hydrogen) atoms. The van der Waals surface area contributed by atoms with Crippen molar-refractivity contribution in [3.63, 3.8) is 0 Å². The van der Waals surface area contributed by atoms with Crippen molar-refractivity contribution in [2.24, 2.45) is 0 Å². The number of hydrogen-bond acceptors (Lipinski definition) is 6. The standard InChI is InChI=1S/2C11H12F3NOS/c2*12-8-5-7-9(17-8)10(1-3-15-4-2-10)16-6-11(7,13)14/h2*5,15H,1-4,6H2. The molecule has 0 saturated carbocycles. The van der Waals surface area contributed by atoms with Gasteiger partial charge in [0, 0.05) is 20.9 Å². The molecule has 4 aliphatic rings. The second kappa shape index (κ2) is 8.74. The summed E-state index contributed by atoms with van der Waals surface area (Å²) in [6.07, 6.45) is 2.48. The van der Waals surface area contributed by atoms with Crippen LogP contribution in [-0.2, 0) is 32.5 Å². The first-order valence-electron chi connectivity index (χ1n) is 11.1. The number of nitrogens with one attached hydrogen (secondary N) is 2. The number of piperidine rings is 2. The highest BCUT2D eigenvalue weighted by molar-refractivity contribution is 7.11. The average Bonchev–Trinajstić information content (AvgIpc) is 3.42. The summed E-state index contributed by atoms with van der Waals surface area (Å²) in [5.41, 5.74) is -1.74. The molecule has 0 amide bonds. The van der Waals surface area contributed by atoms with Crippen LogP contribution in [0.25, 0.3) is 0 Å². The van der Waals surface area contributed by atoms with E-state index in [9.17, 15) is 26.3 Å². The summed E-state index contributed by atoms with van der Waals surface area (Å²) < 4.78 is 92.0. The van der Waals surface area contributed by atoms with Crippen LogP contribution in [0.1, 0.15) is 46.6 Å². The van der Waals surface area contributed by atoms with E-state index in [1.165, 1.54) is 0 Å². The minimum absolute atomic E-state index is 0.173. The fourth-order valence-electron chi connectivity index (χ4n) is 5.09. The van der Waals surface area contributed by atoms with Crippen molar-refractivity contribution in [2.45, 2.75) is 48.7 Å². The van der Waals surface area contributed by atoms with Crippen molar-refractivity contribution in [3.8, 4) is 0 Å². The van der Waals surface area contributed by atoms with Crippen LogP contribution in [0.4, 0.5) is 26.3 Å². The Morgan fingerprint density at radius 2 is 1.00 bits per heavy atom. The smallest absolute Gasteiger partial charge is 0.297 e. The van der Waals surface area contributed by atoms with Crippen LogP contribution in [0.5, 0.6) is 0 Å². The number of hydrogen-bond donors (Lipinski definition) is 2. The molecule has 2 N–H and O–H groups in total. The first kappa shape index (κ1) is 24.5. The van der Waals surface area contributed by atoms with E-state index in [1.54, 1.807) is 0 Å². The third-order valence-electron chi connectivity index (χ3n) is 6.90. The third-order valence-corrected chi connectivity index (χ3v) is 9.12. The van der Waals surface area contributed by atoms with Crippen LogP contribution in [0, 0.1) is 10.3 Å². The molecule has 0 aliphatic carbocycles. The highest BCUT2D eigenvalue weighted by atomic mass is 32.1. The SMILES string of the molecule is Fc1cc2c(s1)C1(CCNCC1)OCC2(F)F.Fc1cc2c(s1)C1(CCNCC1)OCC2(F)F. The van der Waals surface area contributed by atoms with Crippen molar-refractivity contribution in [3.05, 3.63) is 43.3 Å². The van der Waals surface area contributed by atoms with Crippen molar-refractivity contribution >= 4 is 22.7 Å². The lowest BCUT2D eigenvalue weighted by Crippen LogP contribution is -2.47. The molecular weight excluding hydrogens is 502 g/mol. The van der Waals surface area contributed by atoms with Crippen molar-refractivity contribution < 1.29 is 35.8 Å². The molecule has 0 atom stereocenters. The quantitative estimate of drug-likeness (QED) is 0.465. The number of fused-ring (bicyclic) bond motifs is 4. The third kappa shape index (κ3) is 4.20. The molecule has 4 nitrogen and oxygen atoms in total. The summed E-state index contributed by atoms with van der Waals surface area (Å²) in [5.74, 6) is -6.13. The topological polar surface area (TPSA) is 42.5 Å². The van der Waals surface area contributed by atoms with Crippen LogP contribution in [0.15, 0.2) is 12.1 Å². The molecule has 188 valence electrons. The summed E-state index contributed by atoms with van der Waals surface area (Å²) in [6, 6.07) is 1.93. The normalized spacial score (nSPS) is 25.8. The second-order valence-electron chi connectivity index (χ2n) is 9.06. The molecule has 0 bridgehead atoms. The maximum atomic E-state index is 13.6. The summed E-state index contributed by atoms with van der Waals surface area (Å²) in [6.45, 7) is 1.57. The molecule has 6 heterocycles. The maximum absolute atomic E-state index is 13.6. The Balaban J connectivity index is 0.000000142. The van der Waals surface area contributed by atoms with Crippen LogP contribution in [0.2, 0.25) is 0 Å². The highest BCUT2D eigenvalue weighted by Gasteiger charge is 2.52. The van der Waals surface area contributed by atoms with Crippen LogP contribution in [-0.4, -0.2) is 39.4 Å². The number of rotatable bonds is 0. The van der Waals surface area contributed by atoms with E-state index < -0.39 is 46.5 Å². The van der Waals surface area contributed by atoms with Gasteiger partial charge in [-0.15, -0.1) is 22.7 Å². The lowest BCUT2D eigenvalue weighted by Gasteiger charge is -2.42. The minimum atomic E-state index is -3.06. The molecule has 2 aromatic heterocycles. The maximum Gasteiger partial charge on any atom is 0.297 e. The van der Waals surface area contributed by atoms with Gasteiger partial charge in [-0.2, -0.15) is 26.3 Å². The highest BCUT2D eigenvalue weighted by Crippen LogP contribution is 2.51. The average molecular weight is 527 g/mol. The molecule has 2 fully saturated rings. The van der Waals surface area contributed by atoms with Gasteiger partial charge in [-0.3, -0.25) is 0 Å². The minimum Gasteiger partial charge on any atom is -0.363 e. The van der Waals surface area contributed by atoms with Crippen LogP contribution >= 0.6 is 22.7 Å². The van der Waals surface area contributed by atoms with E-state index in [1.807, 2.05) is 0 Å². The van der Waals surface area contributed by atoms with E-state index in [0.29, 0.717) is 61.6 Å². The van der Waals surface area contributed by atoms with E-state index in [0.717, 1.165) is 34.8 Å². The Labute approximate surface area is 200 Å². The van der Waals surface area contributed by atoms with Crippen molar-refractivity contribution in [1.29, 1.82) is 0 Å². The Morgan fingerprint density at radius 3 is 1.35 bits per heavy atom. The van der Waals surface area contributed by atoms with Crippen LogP contribution < -0.4 is 10.6 Å². The molecule has 0 unspecified atom stereocenters. The summed E-state index contributed by atoms with van der Waals surface area (Å²) in [5, 5.41) is 5.20. The fraction of sp³-hybridized carbons (Fsp3) is 0.636. The fourth-order valence-corrected chi connectivity index (χ4v) is 7.37. The van der Waals surface area contributed by atoms with Gasteiger partial charge in [-0.25, -0.2) is 0 Å². The van der Waals surface area contributed by atoms with Gasteiger partial charge in [0.05, 0.1) is 0 Å². The Bertz CT molecular complexity index is 962. The molecule has 0 aromatic carbocycles. The lowest BCUT2D eigenvalue weighted by molar-refractivity contribution is -0.174. The monoisotopic (exact) mass is 526 g/mol. The molecular formula is C22H24F6N2O2S2. The Hall–Kier alpha value is -1.18. The second-order valence-corrected chi connectivity index (χ2v) is 11.1. The predicted molar refractivity (Wildman–Crippen MR) is 116 cm³/mol. The lowest BCUT2D eigenvalue weighted by atomic mass is 9.85. The van der Waals surface area contributed by atoms with Gasteiger partial charge in [-0.1, -0.05) is 0 Å². The van der Waals surface area contributed by atoms with Crippen LogP contribution in [0.3, 0.4) is 0 Å². The molecule has 6 rings (SSSR count). The van der Waals surface area contributed by atoms with E-state index in [-0.39, 0.29) is 11.1 Å². The van der Waals surface area contributed by atoms with E-state index in [4.69, 9.17) is 9.47 Å². The molecule has 4 aliphatic heterocycles. The van der Waals surface area contributed by atoms with Crippen molar-refractivity contribution in [2.75, 3.05) is 39.4 Å². The zero-order chi connectivity index (χ0) is 24.2. The molecule has 0 radical (unpaired) electrons. The van der Waals surface area contributed by atoms with Gasteiger partial charge in [-0.05, 0) is 64.0 Å². The van der Waals surface area contributed by atoms with Crippen molar-refractivity contribution in [1.82, 2.24) is 10.6 Å². The first-order chi connectivity index (χ1) is 16.1. The summed E-state index contributed by atoms with van der Waals surface area (Å²) in [7, 11) is 0. The molecule has 2 saturated heterocycles. The molecule has 2 aromatic rings. The first-order valence-corrected chi connectivity index (χ1v) is 12.8. The number of halogens is 6. The number of ether oxygens (including phenoxy) is 2. The summed E-state index contributed by atoms with van der Waals surface area (Å²) >= 11 is 1.60. The molecule has 12 heteroatoms. The van der Waals surface area contributed by atoms with E-state index >= 15 is 0 Å². The van der Waals surface area contributed by atoms with Gasteiger partial charge in [0.25, 0.3) is 11.8 Å². The van der Waals surface area contributed by atoms with Gasteiger partial charge < -0.3 is 20.1 Å². The van der Waals surface area contributed by atoms with Gasteiger partial charge in [0.1, 0.15) is 24.4 Å². The Morgan fingerprint density at radius 1 is 0.647 bits per heavy atom. The zero-order valence-electron chi connectivity index (χ0n) is 18.1. The summed E-state index contributed by atoms with van der Waals surface area (Å²) in [4.78, 5) is 0.764.